The highest BCUT2D eigenvalue weighted by Gasteiger charge is 2.13. The summed E-state index contributed by atoms with van der Waals surface area (Å²) < 4.78 is 27.9. The van der Waals surface area contributed by atoms with Crippen molar-refractivity contribution in [2.75, 3.05) is 25.0 Å². The van der Waals surface area contributed by atoms with Crippen molar-refractivity contribution in [1.82, 2.24) is 30.2 Å². The third-order valence-electron chi connectivity index (χ3n) is 6.43. The molecule has 45 heavy (non-hydrogen) atoms. The van der Waals surface area contributed by atoms with Crippen molar-refractivity contribution in [1.29, 1.82) is 0 Å². The van der Waals surface area contributed by atoms with Gasteiger partial charge in [-0.2, -0.15) is 0 Å². The SMILES string of the molecule is O=C(NCCO)c1ccc(Nc2ncc3cc(C#CCNC(=O)c4cncn(Cc5ccc(F)c(F)c5)c4=O)ccc3n2)cc1. The summed E-state index contributed by atoms with van der Waals surface area (Å²) >= 11 is 0. The van der Waals surface area contributed by atoms with Crippen LogP contribution in [0.4, 0.5) is 20.4 Å². The smallest absolute Gasteiger partial charge is 0.266 e. The molecule has 2 heterocycles. The molecule has 5 aromatic rings. The van der Waals surface area contributed by atoms with Gasteiger partial charge in [-0.05, 0) is 60.2 Å². The maximum atomic E-state index is 13.5. The van der Waals surface area contributed by atoms with Crippen molar-refractivity contribution >= 4 is 34.4 Å². The number of benzene rings is 3. The Balaban J connectivity index is 1.18. The van der Waals surface area contributed by atoms with Crippen LogP contribution in [0.25, 0.3) is 10.9 Å². The molecule has 0 unspecified atom stereocenters. The van der Waals surface area contributed by atoms with Gasteiger partial charge in [0.15, 0.2) is 11.6 Å². The van der Waals surface area contributed by atoms with Gasteiger partial charge in [-0.25, -0.2) is 23.7 Å². The first-order valence-electron chi connectivity index (χ1n) is 13.6. The number of nitrogens with one attached hydrogen (secondary N) is 3. The molecule has 0 bridgehead atoms. The quantitative estimate of drug-likeness (QED) is 0.186. The van der Waals surface area contributed by atoms with Gasteiger partial charge >= 0.3 is 0 Å². The van der Waals surface area contributed by atoms with Gasteiger partial charge in [-0.1, -0.05) is 17.9 Å². The molecule has 2 amide bonds. The fourth-order valence-electron chi connectivity index (χ4n) is 4.20. The molecule has 4 N–H and O–H groups in total. The van der Waals surface area contributed by atoms with Crippen LogP contribution in [0.5, 0.6) is 0 Å². The second-order valence-electron chi connectivity index (χ2n) is 9.62. The molecule has 0 fully saturated rings. The van der Waals surface area contributed by atoms with Gasteiger partial charge in [0.25, 0.3) is 17.4 Å². The Morgan fingerprint density at radius 3 is 2.53 bits per heavy atom. The van der Waals surface area contributed by atoms with E-state index in [4.69, 9.17) is 5.11 Å². The van der Waals surface area contributed by atoms with Gasteiger partial charge in [0.05, 0.1) is 31.5 Å². The third kappa shape index (κ3) is 7.70. The minimum Gasteiger partial charge on any atom is -0.395 e. The first-order chi connectivity index (χ1) is 21.8. The lowest BCUT2D eigenvalue weighted by molar-refractivity contribution is 0.0941. The molecule has 5 rings (SSSR count). The fourth-order valence-corrected chi connectivity index (χ4v) is 4.20. The van der Waals surface area contributed by atoms with E-state index in [0.717, 1.165) is 28.3 Å². The molecule has 0 aliphatic rings. The Morgan fingerprint density at radius 1 is 0.933 bits per heavy atom. The number of rotatable bonds is 9. The van der Waals surface area contributed by atoms with Crippen LogP contribution in [0.3, 0.4) is 0 Å². The summed E-state index contributed by atoms with van der Waals surface area (Å²) in [5.41, 5.74) is 1.96. The number of fused-ring (bicyclic) bond motifs is 1. The fraction of sp³-hybridized carbons (Fsp3) is 0.125. The lowest BCUT2D eigenvalue weighted by Crippen LogP contribution is -2.33. The summed E-state index contributed by atoms with van der Waals surface area (Å²) in [5.74, 6) is 3.16. The van der Waals surface area contributed by atoms with E-state index in [9.17, 15) is 23.2 Å². The van der Waals surface area contributed by atoms with Crippen molar-refractivity contribution in [3.05, 3.63) is 124 Å². The first-order valence-corrected chi connectivity index (χ1v) is 13.6. The van der Waals surface area contributed by atoms with Gasteiger partial charge in [0.2, 0.25) is 5.95 Å². The second kappa shape index (κ2) is 14.0. The van der Waals surface area contributed by atoms with Crippen LogP contribution in [0, 0.1) is 23.5 Å². The summed E-state index contributed by atoms with van der Waals surface area (Å²) in [6.07, 6.45) is 3.99. The van der Waals surface area contributed by atoms with Crippen LogP contribution < -0.4 is 21.5 Å². The molecule has 0 aliphatic carbocycles. The molecule has 11 nitrogen and oxygen atoms in total. The third-order valence-corrected chi connectivity index (χ3v) is 6.43. The van der Waals surface area contributed by atoms with E-state index < -0.39 is 23.1 Å². The zero-order valence-electron chi connectivity index (χ0n) is 23.6. The lowest BCUT2D eigenvalue weighted by Gasteiger charge is -2.08. The summed E-state index contributed by atoms with van der Waals surface area (Å²) in [5, 5.41) is 17.8. The zero-order chi connectivity index (χ0) is 31.8. The Bertz CT molecular complexity index is 2000. The summed E-state index contributed by atoms with van der Waals surface area (Å²) in [6.45, 7) is -0.0949. The number of aliphatic hydroxyl groups excluding tert-OH is 1. The Labute approximate surface area is 255 Å². The minimum absolute atomic E-state index is 0.0460. The summed E-state index contributed by atoms with van der Waals surface area (Å²) in [7, 11) is 0. The van der Waals surface area contributed by atoms with Crippen LogP contribution in [-0.4, -0.2) is 56.1 Å². The molecular weight excluding hydrogens is 584 g/mol. The van der Waals surface area contributed by atoms with Crippen LogP contribution >= 0.6 is 0 Å². The Hall–Kier alpha value is -6.00. The van der Waals surface area contributed by atoms with E-state index in [1.807, 2.05) is 0 Å². The standard InChI is InChI=1S/C32H25F2N7O4/c33-26-9-3-21(15-27(26)34)18-41-19-35-17-25(31(41)45)30(44)36-11-1-2-20-4-10-28-23(14-20)16-38-32(40-28)39-24-7-5-22(6-8-24)29(43)37-12-13-42/h3-10,14-17,19,42H,11-13,18H2,(H,36,44)(H,37,43)(H,38,39,40). The van der Waals surface area contributed by atoms with Crippen molar-refractivity contribution in [2.24, 2.45) is 0 Å². The predicted octanol–water partition coefficient (Wildman–Crippen LogP) is 2.76. The van der Waals surface area contributed by atoms with Crippen LogP contribution in [0.2, 0.25) is 0 Å². The number of anilines is 2. The molecular formula is C32H25F2N7O4. The molecule has 0 radical (unpaired) electrons. The second-order valence-corrected chi connectivity index (χ2v) is 9.62. The van der Waals surface area contributed by atoms with Gasteiger partial charge in [-0.3, -0.25) is 19.0 Å². The van der Waals surface area contributed by atoms with Crippen LogP contribution in [0.15, 0.2) is 84.2 Å². The van der Waals surface area contributed by atoms with E-state index in [2.05, 4.69) is 42.7 Å². The Morgan fingerprint density at radius 2 is 1.76 bits per heavy atom. The van der Waals surface area contributed by atoms with E-state index >= 15 is 0 Å². The van der Waals surface area contributed by atoms with E-state index in [1.54, 1.807) is 48.7 Å². The van der Waals surface area contributed by atoms with Crippen LogP contribution in [-0.2, 0) is 6.54 Å². The summed E-state index contributed by atoms with van der Waals surface area (Å²) in [4.78, 5) is 50.1. The monoisotopic (exact) mass is 609 g/mol. The molecule has 2 aromatic heterocycles. The molecule has 226 valence electrons. The number of aliphatic hydroxyl groups is 1. The average molecular weight is 610 g/mol. The largest absolute Gasteiger partial charge is 0.395 e. The number of carbonyl (C=O) groups excluding carboxylic acids is 2. The van der Waals surface area contributed by atoms with Gasteiger partial charge in [0.1, 0.15) is 5.56 Å². The first kappa shape index (κ1) is 30.5. The van der Waals surface area contributed by atoms with Gasteiger partial charge in [0, 0.05) is 41.1 Å². The number of hydrogen-bond acceptors (Lipinski definition) is 8. The van der Waals surface area contributed by atoms with Crippen molar-refractivity contribution in [3.63, 3.8) is 0 Å². The highest BCUT2D eigenvalue weighted by molar-refractivity contribution is 5.94. The number of carbonyl (C=O) groups is 2. The van der Waals surface area contributed by atoms with Gasteiger partial charge < -0.3 is 21.1 Å². The van der Waals surface area contributed by atoms with Crippen molar-refractivity contribution < 1.29 is 23.5 Å². The Kier molecular flexibility index (Phi) is 9.46. The van der Waals surface area contributed by atoms with Crippen molar-refractivity contribution in [2.45, 2.75) is 6.54 Å². The molecule has 0 aliphatic heterocycles. The van der Waals surface area contributed by atoms with E-state index in [1.165, 1.54) is 12.4 Å². The van der Waals surface area contributed by atoms with Gasteiger partial charge in [-0.15, -0.1) is 0 Å². The predicted molar refractivity (Wildman–Crippen MR) is 162 cm³/mol. The number of halogens is 2. The highest BCUT2D eigenvalue weighted by atomic mass is 19.2. The molecule has 0 saturated heterocycles. The highest BCUT2D eigenvalue weighted by Crippen LogP contribution is 2.18. The number of aromatic nitrogens is 4. The molecule has 0 spiro atoms. The lowest BCUT2D eigenvalue weighted by atomic mass is 10.1. The van der Waals surface area contributed by atoms with E-state index in [-0.39, 0.29) is 37.7 Å². The topological polar surface area (TPSA) is 151 Å². The number of amides is 2. The van der Waals surface area contributed by atoms with E-state index in [0.29, 0.717) is 33.8 Å². The molecule has 0 saturated carbocycles. The molecule has 0 atom stereocenters. The molecule has 3 aromatic carbocycles. The zero-order valence-corrected chi connectivity index (χ0v) is 23.6. The number of hydrogen-bond donors (Lipinski definition) is 4. The van der Waals surface area contributed by atoms with Crippen molar-refractivity contribution in [3.8, 4) is 11.8 Å². The molecule has 13 heteroatoms. The summed E-state index contributed by atoms with van der Waals surface area (Å²) in [6, 6.07) is 15.4. The normalized spacial score (nSPS) is 10.6. The van der Waals surface area contributed by atoms with Crippen LogP contribution in [0.1, 0.15) is 31.8 Å². The maximum absolute atomic E-state index is 13.5. The number of nitrogens with zero attached hydrogens (tertiary/aromatic N) is 4. The average Bonchev–Trinajstić information content (AvgIpc) is 3.05. The maximum Gasteiger partial charge on any atom is 0.266 e. The minimum atomic E-state index is -1.04.